The largest absolute Gasteiger partial charge is 0.481 e. The smallest absolute Gasteiger partial charge is 0.354 e. The Morgan fingerprint density at radius 2 is 1.95 bits per heavy atom. The molecule has 0 unspecified atom stereocenters. The molecule has 2 N–H and O–H groups in total. The topological polar surface area (TPSA) is 128 Å². The molecular weight excluding hydrogens is 481 g/mol. The van der Waals surface area contributed by atoms with Crippen LogP contribution in [0.2, 0.25) is 0 Å². The summed E-state index contributed by atoms with van der Waals surface area (Å²) in [6.07, 6.45) is 5.45. The molecule has 1 aliphatic carbocycles. The van der Waals surface area contributed by atoms with Gasteiger partial charge in [-0.2, -0.15) is 4.98 Å². The number of carbonyl (C=O) groups is 1. The lowest BCUT2D eigenvalue weighted by atomic mass is 9.83. The molecule has 11 heteroatoms. The number of nitrogens with zero attached hydrogens (tertiary/aromatic N) is 4. The summed E-state index contributed by atoms with van der Waals surface area (Å²) in [4.78, 5) is 45.5. The Hall–Kier alpha value is -4.02. The van der Waals surface area contributed by atoms with Crippen LogP contribution in [0.15, 0.2) is 52.2 Å². The minimum absolute atomic E-state index is 0.0226. The lowest BCUT2D eigenvalue weighted by molar-refractivity contribution is -0.141. The van der Waals surface area contributed by atoms with Crippen LogP contribution in [-0.2, 0) is 17.9 Å². The number of anilines is 2. The third-order valence-electron chi connectivity index (χ3n) is 6.64. The van der Waals surface area contributed by atoms with Crippen LogP contribution in [-0.4, -0.2) is 30.2 Å². The van der Waals surface area contributed by atoms with E-state index < -0.39 is 29.1 Å². The molecule has 0 amide bonds. The van der Waals surface area contributed by atoms with E-state index in [2.05, 4.69) is 22.2 Å². The molecule has 0 spiro atoms. The quantitative estimate of drug-likeness (QED) is 0.441. The van der Waals surface area contributed by atoms with Gasteiger partial charge in [-0.05, 0) is 42.9 Å². The number of hydrogen-bond donors (Lipinski definition) is 2. The lowest BCUT2D eigenvalue weighted by Gasteiger charge is -2.27. The van der Waals surface area contributed by atoms with Crippen LogP contribution in [0.1, 0.15) is 39.5 Å². The molecule has 1 saturated carbocycles. The highest BCUT2D eigenvalue weighted by molar-refractivity contribution is 5.69. The molecule has 1 aliphatic rings. The fourth-order valence-electron chi connectivity index (χ4n) is 4.38. The molecule has 0 saturated heterocycles. The summed E-state index contributed by atoms with van der Waals surface area (Å²) in [5, 5.41) is 12.2. The molecule has 10 nitrogen and oxygen atoms in total. The molecule has 37 heavy (non-hydrogen) atoms. The number of hydrogen-bond acceptors (Lipinski definition) is 7. The molecule has 0 radical (unpaired) electrons. The number of carboxylic acids is 1. The van der Waals surface area contributed by atoms with Crippen molar-refractivity contribution in [1.82, 2.24) is 19.1 Å². The Labute approximate surface area is 212 Å². The van der Waals surface area contributed by atoms with E-state index in [1.807, 2.05) is 0 Å². The van der Waals surface area contributed by atoms with Crippen LogP contribution in [0.3, 0.4) is 0 Å². The molecule has 2 heterocycles. The van der Waals surface area contributed by atoms with Crippen LogP contribution in [0.4, 0.5) is 16.0 Å². The van der Waals surface area contributed by atoms with E-state index in [4.69, 9.17) is 4.74 Å². The van der Waals surface area contributed by atoms with Crippen molar-refractivity contribution in [3.8, 4) is 11.6 Å². The highest BCUT2D eigenvalue weighted by Crippen LogP contribution is 2.30. The first kappa shape index (κ1) is 26.1. The van der Waals surface area contributed by atoms with E-state index in [1.54, 1.807) is 18.2 Å². The van der Waals surface area contributed by atoms with Crippen molar-refractivity contribution in [3.63, 3.8) is 0 Å². The first-order chi connectivity index (χ1) is 17.7. The van der Waals surface area contributed by atoms with Gasteiger partial charge in [0.05, 0.1) is 5.92 Å². The highest BCUT2D eigenvalue weighted by Gasteiger charge is 2.23. The number of halogens is 1. The minimum Gasteiger partial charge on any atom is -0.481 e. The van der Waals surface area contributed by atoms with E-state index >= 15 is 0 Å². The minimum atomic E-state index is -1.12. The zero-order chi connectivity index (χ0) is 26.5. The lowest BCUT2D eigenvalue weighted by Crippen LogP contribution is -2.45. The summed E-state index contributed by atoms with van der Waals surface area (Å²) < 4.78 is 22.5. The van der Waals surface area contributed by atoms with Crippen LogP contribution in [0.5, 0.6) is 11.6 Å². The number of rotatable bonds is 9. The maximum absolute atomic E-state index is 14.8. The van der Waals surface area contributed by atoms with Gasteiger partial charge in [-0.25, -0.2) is 23.5 Å². The van der Waals surface area contributed by atoms with Gasteiger partial charge in [0.15, 0.2) is 11.6 Å². The summed E-state index contributed by atoms with van der Waals surface area (Å²) in [5.41, 5.74) is -1.26. The molecule has 1 aromatic carbocycles. The Morgan fingerprint density at radius 1 is 1.19 bits per heavy atom. The maximum Gasteiger partial charge on any atom is 0.354 e. The average molecular weight is 512 g/mol. The predicted molar refractivity (Wildman–Crippen MR) is 135 cm³/mol. The third-order valence-corrected chi connectivity index (χ3v) is 6.64. The summed E-state index contributed by atoms with van der Waals surface area (Å²) in [5.74, 6) is -1.75. The SMILES string of the molecule is CC1CCC(Cn2c(Nc3ccc(Oc4ccccn4)c(F)c3)nc(=O)n(C[C@H](C)C(=O)O)c2=O)CC1. The molecular formula is C26H30FN5O5. The number of aromatic nitrogens is 4. The van der Waals surface area contributed by atoms with Crippen molar-refractivity contribution in [2.45, 2.75) is 52.6 Å². The molecule has 1 fully saturated rings. The van der Waals surface area contributed by atoms with E-state index in [1.165, 1.54) is 35.9 Å². The van der Waals surface area contributed by atoms with Gasteiger partial charge in [0.25, 0.3) is 0 Å². The Kier molecular flexibility index (Phi) is 8.00. The van der Waals surface area contributed by atoms with Crippen molar-refractivity contribution >= 4 is 17.6 Å². The molecule has 196 valence electrons. The number of carboxylic acid groups (broad SMARTS) is 1. The van der Waals surface area contributed by atoms with Crippen LogP contribution >= 0.6 is 0 Å². The van der Waals surface area contributed by atoms with Crippen molar-refractivity contribution in [1.29, 1.82) is 0 Å². The van der Waals surface area contributed by atoms with Gasteiger partial charge in [0.1, 0.15) is 0 Å². The second-order valence-corrected chi connectivity index (χ2v) is 9.63. The second-order valence-electron chi connectivity index (χ2n) is 9.63. The van der Waals surface area contributed by atoms with Crippen LogP contribution in [0, 0.1) is 23.6 Å². The normalized spacial score (nSPS) is 18.2. The van der Waals surface area contributed by atoms with Crippen LogP contribution < -0.4 is 21.4 Å². The predicted octanol–water partition coefficient (Wildman–Crippen LogP) is 4.02. The molecule has 1 atom stereocenters. The number of nitrogens with one attached hydrogen (secondary N) is 1. The van der Waals surface area contributed by atoms with Gasteiger partial charge in [-0.15, -0.1) is 0 Å². The van der Waals surface area contributed by atoms with Gasteiger partial charge < -0.3 is 15.2 Å². The molecule has 3 aromatic rings. The van der Waals surface area contributed by atoms with Gasteiger partial charge in [-0.3, -0.25) is 9.36 Å². The first-order valence-electron chi connectivity index (χ1n) is 12.3. The Morgan fingerprint density at radius 3 is 2.59 bits per heavy atom. The fourth-order valence-corrected chi connectivity index (χ4v) is 4.38. The zero-order valence-electron chi connectivity index (χ0n) is 20.8. The van der Waals surface area contributed by atoms with E-state index in [0.717, 1.165) is 30.3 Å². The van der Waals surface area contributed by atoms with E-state index in [-0.39, 0.29) is 35.7 Å². The Balaban J connectivity index is 1.65. The highest BCUT2D eigenvalue weighted by atomic mass is 19.1. The van der Waals surface area contributed by atoms with Gasteiger partial charge >= 0.3 is 17.3 Å². The van der Waals surface area contributed by atoms with Crippen molar-refractivity contribution in [2.24, 2.45) is 17.8 Å². The average Bonchev–Trinajstić information content (AvgIpc) is 2.87. The molecule has 4 rings (SSSR count). The number of benzene rings is 1. The molecule has 0 aliphatic heterocycles. The van der Waals surface area contributed by atoms with Gasteiger partial charge in [-0.1, -0.05) is 32.8 Å². The second kappa shape index (κ2) is 11.4. The first-order valence-corrected chi connectivity index (χ1v) is 12.3. The van der Waals surface area contributed by atoms with Gasteiger partial charge in [0.2, 0.25) is 11.8 Å². The molecule has 0 bridgehead atoms. The van der Waals surface area contributed by atoms with Gasteiger partial charge in [0, 0.05) is 37.1 Å². The molecule has 2 aromatic heterocycles. The van der Waals surface area contributed by atoms with Crippen molar-refractivity contribution in [2.75, 3.05) is 5.32 Å². The fraction of sp³-hybridized carbons (Fsp3) is 0.423. The number of aliphatic carboxylic acids is 1. The number of pyridine rings is 1. The monoisotopic (exact) mass is 511 g/mol. The van der Waals surface area contributed by atoms with E-state index in [0.29, 0.717) is 12.5 Å². The maximum atomic E-state index is 14.8. The summed E-state index contributed by atoms with van der Waals surface area (Å²) >= 11 is 0. The zero-order valence-corrected chi connectivity index (χ0v) is 20.8. The van der Waals surface area contributed by atoms with E-state index in [9.17, 15) is 23.9 Å². The standard InChI is InChI=1S/C26H30FN5O5/c1-16-6-8-18(9-7-16)15-31-24(30-25(35)32(26(31)36)14-17(2)23(33)34)29-19-10-11-21(20(27)13-19)37-22-5-3-4-12-28-22/h3-5,10-13,16-18H,6-9,14-15H2,1-2H3,(H,33,34)(H,29,30,35)/t16?,17-,18?/m0/s1. The Bertz CT molecular complexity index is 1370. The van der Waals surface area contributed by atoms with Crippen molar-refractivity contribution in [3.05, 3.63) is 69.4 Å². The summed E-state index contributed by atoms with van der Waals surface area (Å²) in [7, 11) is 0. The summed E-state index contributed by atoms with van der Waals surface area (Å²) in [6.45, 7) is 3.63. The summed E-state index contributed by atoms with van der Waals surface area (Å²) in [6, 6.07) is 9.15. The van der Waals surface area contributed by atoms with Crippen molar-refractivity contribution < 1.29 is 19.0 Å². The number of ether oxygens (including phenoxy) is 1. The van der Waals surface area contributed by atoms with Crippen LogP contribution in [0.25, 0.3) is 0 Å². The third kappa shape index (κ3) is 6.41.